The number of nitrogens with one attached hydrogen (secondary N) is 1. The lowest BCUT2D eigenvalue weighted by atomic mass is 9.99. The molecule has 0 saturated heterocycles. The zero-order valence-corrected chi connectivity index (χ0v) is 9.94. The molecule has 3 heteroatoms. The lowest BCUT2D eigenvalue weighted by Crippen LogP contribution is -2.16. The molecular formula is C16H9NO2. The Labute approximate surface area is 107 Å². The van der Waals surface area contributed by atoms with E-state index in [-0.39, 0.29) is 11.1 Å². The molecule has 4 aromatic rings. The first-order valence-electron chi connectivity index (χ1n) is 6.05. The van der Waals surface area contributed by atoms with Crippen molar-refractivity contribution < 1.29 is 0 Å². The number of aromatic amines is 1. The van der Waals surface area contributed by atoms with Crippen LogP contribution in [0, 0.1) is 0 Å². The Morgan fingerprint density at radius 3 is 1.68 bits per heavy atom. The van der Waals surface area contributed by atoms with Gasteiger partial charge in [0.2, 0.25) is 0 Å². The van der Waals surface area contributed by atoms with Gasteiger partial charge in [0, 0.05) is 10.8 Å². The topological polar surface area (TPSA) is 49.9 Å². The van der Waals surface area contributed by atoms with E-state index in [0.29, 0.717) is 10.8 Å². The maximum atomic E-state index is 12.1. The molecule has 0 aliphatic rings. The van der Waals surface area contributed by atoms with Gasteiger partial charge in [0.1, 0.15) is 0 Å². The van der Waals surface area contributed by atoms with E-state index in [1.54, 1.807) is 12.1 Å². The molecule has 0 saturated carbocycles. The third-order valence-electron chi connectivity index (χ3n) is 3.60. The van der Waals surface area contributed by atoms with Crippen molar-refractivity contribution in [3.05, 3.63) is 69.2 Å². The molecule has 0 spiro atoms. The molecule has 0 fully saturated rings. The van der Waals surface area contributed by atoms with Crippen LogP contribution in [0.5, 0.6) is 0 Å². The summed E-state index contributed by atoms with van der Waals surface area (Å²) in [6.07, 6.45) is 0. The van der Waals surface area contributed by atoms with E-state index in [0.717, 1.165) is 21.5 Å². The number of hydrogen-bond acceptors (Lipinski definition) is 2. The Bertz CT molecular complexity index is 967. The summed E-state index contributed by atoms with van der Waals surface area (Å²) in [6.45, 7) is 0. The Hall–Kier alpha value is -2.68. The molecule has 3 aromatic carbocycles. The highest BCUT2D eigenvalue weighted by atomic mass is 16.2. The normalized spacial score (nSPS) is 11.6. The smallest absolute Gasteiger partial charge is 0.258 e. The van der Waals surface area contributed by atoms with Gasteiger partial charge in [-0.1, -0.05) is 24.3 Å². The van der Waals surface area contributed by atoms with Gasteiger partial charge in [-0.05, 0) is 45.8 Å². The predicted octanol–water partition coefficient (Wildman–Crippen LogP) is 2.63. The van der Waals surface area contributed by atoms with Gasteiger partial charge >= 0.3 is 0 Å². The summed E-state index contributed by atoms with van der Waals surface area (Å²) >= 11 is 0. The summed E-state index contributed by atoms with van der Waals surface area (Å²) in [5.74, 6) is 0. The van der Waals surface area contributed by atoms with E-state index in [4.69, 9.17) is 0 Å². The molecule has 0 aliphatic heterocycles. The van der Waals surface area contributed by atoms with Gasteiger partial charge < -0.3 is 0 Å². The number of aromatic nitrogens is 1. The largest absolute Gasteiger partial charge is 0.288 e. The molecule has 90 valence electrons. The van der Waals surface area contributed by atoms with Crippen LogP contribution >= 0.6 is 0 Å². The Balaban J connectivity index is 2.54. The van der Waals surface area contributed by atoms with Crippen molar-refractivity contribution in [3.63, 3.8) is 0 Å². The Morgan fingerprint density at radius 2 is 1.16 bits per heavy atom. The zero-order chi connectivity index (χ0) is 13.0. The minimum atomic E-state index is -0.343. The number of hydrogen-bond donors (Lipinski definition) is 1. The lowest BCUT2D eigenvalue weighted by molar-refractivity contribution is 1.23. The maximum absolute atomic E-state index is 12.1. The first-order chi connectivity index (χ1) is 9.24. The zero-order valence-electron chi connectivity index (χ0n) is 9.94. The minimum absolute atomic E-state index is 0.343. The second kappa shape index (κ2) is 3.42. The van der Waals surface area contributed by atoms with Crippen LogP contribution in [0.1, 0.15) is 0 Å². The van der Waals surface area contributed by atoms with E-state index < -0.39 is 0 Å². The summed E-state index contributed by atoms with van der Waals surface area (Å²) < 4.78 is 0. The maximum Gasteiger partial charge on any atom is 0.258 e. The summed E-state index contributed by atoms with van der Waals surface area (Å²) in [7, 11) is 0. The van der Waals surface area contributed by atoms with Crippen molar-refractivity contribution in [1.82, 2.24) is 4.98 Å². The molecule has 3 nitrogen and oxygen atoms in total. The fraction of sp³-hybridized carbons (Fsp3) is 0. The van der Waals surface area contributed by atoms with Gasteiger partial charge in [0.15, 0.2) is 0 Å². The van der Waals surface area contributed by atoms with E-state index in [9.17, 15) is 9.59 Å². The molecule has 1 heterocycles. The molecular weight excluding hydrogens is 238 g/mol. The molecule has 4 rings (SSSR count). The van der Waals surface area contributed by atoms with Gasteiger partial charge in [-0.2, -0.15) is 0 Å². The summed E-state index contributed by atoms with van der Waals surface area (Å²) in [6, 6.07) is 15.0. The monoisotopic (exact) mass is 247 g/mol. The second-order valence-corrected chi connectivity index (χ2v) is 4.69. The molecule has 0 amide bonds. The molecule has 0 aliphatic carbocycles. The number of H-pyrrole nitrogens is 1. The van der Waals surface area contributed by atoms with Crippen molar-refractivity contribution in [2.45, 2.75) is 0 Å². The fourth-order valence-electron chi connectivity index (χ4n) is 2.69. The summed E-state index contributed by atoms with van der Waals surface area (Å²) in [4.78, 5) is 26.6. The summed E-state index contributed by atoms with van der Waals surface area (Å²) in [5, 5.41) is 4.86. The molecule has 1 aromatic heterocycles. The van der Waals surface area contributed by atoms with Gasteiger partial charge in [0.25, 0.3) is 11.1 Å². The van der Waals surface area contributed by atoms with Crippen LogP contribution < -0.4 is 11.1 Å². The molecule has 19 heavy (non-hydrogen) atoms. The van der Waals surface area contributed by atoms with Crippen LogP contribution in [0.3, 0.4) is 0 Å². The van der Waals surface area contributed by atoms with E-state index in [1.165, 1.54) is 0 Å². The average Bonchev–Trinajstić information content (AvgIpc) is 2.42. The Morgan fingerprint density at radius 1 is 0.632 bits per heavy atom. The summed E-state index contributed by atoms with van der Waals surface area (Å²) in [5.41, 5.74) is -0.686. The predicted molar refractivity (Wildman–Crippen MR) is 77.0 cm³/mol. The van der Waals surface area contributed by atoms with E-state index in [1.807, 2.05) is 36.4 Å². The molecule has 2 bridgehead atoms. The van der Waals surface area contributed by atoms with Crippen LogP contribution in [0.25, 0.3) is 32.3 Å². The molecule has 0 unspecified atom stereocenters. The van der Waals surface area contributed by atoms with Crippen molar-refractivity contribution in [2.24, 2.45) is 0 Å². The van der Waals surface area contributed by atoms with Crippen molar-refractivity contribution in [1.29, 1.82) is 0 Å². The van der Waals surface area contributed by atoms with Crippen LogP contribution in [0.15, 0.2) is 58.1 Å². The third kappa shape index (κ3) is 1.32. The van der Waals surface area contributed by atoms with Crippen LogP contribution in [0.2, 0.25) is 0 Å². The third-order valence-corrected chi connectivity index (χ3v) is 3.60. The number of rotatable bonds is 0. The van der Waals surface area contributed by atoms with Crippen LogP contribution in [0.4, 0.5) is 0 Å². The van der Waals surface area contributed by atoms with Crippen LogP contribution in [-0.4, -0.2) is 4.98 Å². The average molecular weight is 247 g/mol. The van der Waals surface area contributed by atoms with Gasteiger partial charge in [-0.3, -0.25) is 14.6 Å². The van der Waals surface area contributed by atoms with Gasteiger partial charge in [0.05, 0.1) is 0 Å². The second-order valence-electron chi connectivity index (χ2n) is 4.69. The lowest BCUT2D eigenvalue weighted by Gasteiger charge is -2.05. The quantitative estimate of drug-likeness (QED) is 0.486. The molecule has 0 atom stereocenters. The molecule has 0 radical (unpaired) electrons. The Kier molecular flexibility index (Phi) is 1.85. The standard InChI is InChI=1S/C16H9NO2/c18-15-11-5-1-3-9-7-10-4-2-6-12(16(19)17-15)14(10)8-13(9)11/h1-8H,(H,17,18,19). The SMILES string of the molecule is O=c1[nH]c(=O)c2cccc3cc4cccc1c4cc32. The van der Waals surface area contributed by atoms with Crippen molar-refractivity contribution in [2.75, 3.05) is 0 Å². The highest BCUT2D eigenvalue weighted by molar-refractivity contribution is 6.10. The van der Waals surface area contributed by atoms with Crippen LogP contribution in [-0.2, 0) is 0 Å². The minimum Gasteiger partial charge on any atom is -0.288 e. The first kappa shape index (κ1) is 10.3. The van der Waals surface area contributed by atoms with E-state index in [2.05, 4.69) is 4.98 Å². The first-order valence-corrected chi connectivity index (χ1v) is 6.05. The molecule has 1 N–H and O–H groups in total. The van der Waals surface area contributed by atoms with Gasteiger partial charge in [-0.15, -0.1) is 0 Å². The van der Waals surface area contributed by atoms with Gasteiger partial charge in [-0.25, -0.2) is 0 Å². The fourth-order valence-corrected chi connectivity index (χ4v) is 2.69. The van der Waals surface area contributed by atoms with Crippen molar-refractivity contribution in [3.8, 4) is 0 Å². The van der Waals surface area contributed by atoms with E-state index >= 15 is 0 Å². The highest BCUT2D eigenvalue weighted by Crippen LogP contribution is 2.26. The number of benzene rings is 3. The highest BCUT2D eigenvalue weighted by Gasteiger charge is 2.07. The van der Waals surface area contributed by atoms with Crippen molar-refractivity contribution >= 4 is 32.3 Å².